The molecule has 4 nitrogen and oxygen atoms in total. The standard InChI is InChI=1S/C23H30N2O2S/c1-4-8-21(26)25-13-12-23(16-25,22(27)24-17(2)3)15-18-9-5-6-10-19(18)20-11-7-14-28-20/h5-7,9-11,14,17H,4,8,12-13,15-16H2,1-3H3,(H,24,27). The smallest absolute Gasteiger partial charge is 0.228 e. The van der Waals surface area contributed by atoms with E-state index >= 15 is 0 Å². The van der Waals surface area contributed by atoms with Crippen molar-refractivity contribution >= 4 is 23.2 Å². The minimum absolute atomic E-state index is 0.0651. The third-order valence-electron chi connectivity index (χ3n) is 5.40. The summed E-state index contributed by atoms with van der Waals surface area (Å²) in [6.45, 7) is 7.15. The largest absolute Gasteiger partial charge is 0.353 e. The molecule has 0 bridgehead atoms. The van der Waals surface area contributed by atoms with Gasteiger partial charge < -0.3 is 10.2 Å². The Morgan fingerprint density at radius 2 is 2.00 bits per heavy atom. The van der Waals surface area contributed by atoms with Crippen LogP contribution in [0, 0.1) is 5.41 Å². The van der Waals surface area contributed by atoms with Crippen molar-refractivity contribution in [1.29, 1.82) is 0 Å². The Balaban J connectivity index is 1.92. The van der Waals surface area contributed by atoms with E-state index in [1.165, 1.54) is 16.0 Å². The van der Waals surface area contributed by atoms with Crippen molar-refractivity contribution in [2.24, 2.45) is 5.41 Å². The molecule has 1 saturated heterocycles. The maximum atomic E-state index is 13.3. The molecule has 3 rings (SSSR count). The molecular weight excluding hydrogens is 368 g/mol. The van der Waals surface area contributed by atoms with E-state index in [9.17, 15) is 9.59 Å². The van der Waals surface area contributed by atoms with E-state index in [-0.39, 0.29) is 17.9 Å². The SMILES string of the molecule is CCCC(=O)N1CCC(Cc2ccccc2-c2cccs2)(C(=O)NC(C)C)C1. The minimum atomic E-state index is -0.568. The quantitative estimate of drug-likeness (QED) is 0.746. The first-order valence-corrected chi connectivity index (χ1v) is 11.0. The molecular formula is C23H30N2O2S. The van der Waals surface area contributed by atoms with Gasteiger partial charge in [-0.15, -0.1) is 11.3 Å². The zero-order valence-electron chi connectivity index (χ0n) is 17.0. The predicted octanol–water partition coefficient (Wildman–Crippen LogP) is 4.50. The third kappa shape index (κ3) is 4.46. The number of hydrogen-bond donors (Lipinski definition) is 1. The van der Waals surface area contributed by atoms with Crippen molar-refractivity contribution in [3.05, 3.63) is 47.3 Å². The molecule has 2 heterocycles. The van der Waals surface area contributed by atoms with E-state index in [0.717, 1.165) is 6.42 Å². The second-order valence-electron chi connectivity index (χ2n) is 8.04. The van der Waals surface area contributed by atoms with Crippen LogP contribution in [0.15, 0.2) is 41.8 Å². The van der Waals surface area contributed by atoms with Gasteiger partial charge in [-0.05, 0) is 55.7 Å². The van der Waals surface area contributed by atoms with Crippen LogP contribution in [0.5, 0.6) is 0 Å². The van der Waals surface area contributed by atoms with Crippen LogP contribution >= 0.6 is 11.3 Å². The number of rotatable bonds is 7. The van der Waals surface area contributed by atoms with Gasteiger partial charge in [0.25, 0.3) is 0 Å². The summed E-state index contributed by atoms with van der Waals surface area (Å²) in [5.74, 6) is 0.226. The van der Waals surface area contributed by atoms with Crippen LogP contribution in [0.2, 0.25) is 0 Å². The zero-order chi connectivity index (χ0) is 20.1. The number of nitrogens with zero attached hydrogens (tertiary/aromatic N) is 1. The van der Waals surface area contributed by atoms with E-state index in [4.69, 9.17) is 0 Å². The molecule has 1 fully saturated rings. The maximum Gasteiger partial charge on any atom is 0.228 e. The van der Waals surface area contributed by atoms with Gasteiger partial charge in [0.2, 0.25) is 11.8 Å². The molecule has 1 atom stereocenters. The second-order valence-corrected chi connectivity index (χ2v) is 8.98. The van der Waals surface area contributed by atoms with E-state index in [0.29, 0.717) is 32.4 Å². The van der Waals surface area contributed by atoms with Crippen molar-refractivity contribution in [2.45, 2.75) is 52.5 Å². The second kappa shape index (κ2) is 8.91. The Bertz CT molecular complexity index is 816. The number of hydrogen-bond acceptors (Lipinski definition) is 3. The number of likely N-dealkylation sites (tertiary alicyclic amines) is 1. The van der Waals surface area contributed by atoms with Crippen LogP contribution in [-0.4, -0.2) is 35.8 Å². The van der Waals surface area contributed by atoms with Gasteiger partial charge in [0.1, 0.15) is 0 Å². The van der Waals surface area contributed by atoms with E-state index in [2.05, 4.69) is 35.0 Å². The molecule has 0 spiro atoms. The highest BCUT2D eigenvalue weighted by molar-refractivity contribution is 7.13. The molecule has 1 aromatic heterocycles. The van der Waals surface area contributed by atoms with E-state index < -0.39 is 5.41 Å². The fourth-order valence-electron chi connectivity index (χ4n) is 3.99. The van der Waals surface area contributed by atoms with Crippen LogP contribution in [0.1, 0.15) is 45.6 Å². The fraction of sp³-hybridized carbons (Fsp3) is 0.478. The number of thiophene rings is 1. The summed E-state index contributed by atoms with van der Waals surface area (Å²) in [6.07, 6.45) is 2.74. The first kappa shape index (κ1) is 20.6. The van der Waals surface area contributed by atoms with E-state index in [1.807, 2.05) is 37.8 Å². The Kier molecular flexibility index (Phi) is 6.55. The Labute approximate surface area is 172 Å². The molecule has 1 aromatic carbocycles. The van der Waals surface area contributed by atoms with Crippen molar-refractivity contribution < 1.29 is 9.59 Å². The van der Waals surface area contributed by atoms with Crippen molar-refractivity contribution in [1.82, 2.24) is 10.2 Å². The summed E-state index contributed by atoms with van der Waals surface area (Å²) >= 11 is 1.71. The lowest BCUT2D eigenvalue weighted by Gasteiger charge is -2.30. The molecule has 5 heteroatoms. The number of benzene rings is 1. The summed E-state index contributed by atoms with van der Waals surface area (Å²) < 4.78 is 0. The summed E-state index contributed by atoms with van der Waals surface area (Å²) in [6, 6.07) is 12.6. The summed E-state index contributed by atoms with van der Waals surface area (Å²) in [5, 5.41) is 5.19. The van der Waals surface area contributed by atoms with Crippen molar-refractivity contribution in [3.63, 3.8) is 0 Å². The number of carbonyl (C=O) groups is 2. The molecule has 2 amide bonds. The Morgan fingerprint density at radius 1 is 1.21 bits per heavy atom. The predicted molar refractivity (Wildman–Crippen MR) is 115 cm³/mol. The molecule has 1 aliphatic heterocycles. The first-order chi connectivity index (χ1) is 13.4. The van der Waals surface area contributed by atoms with Gasteiger partial charge in [0.05, 0.1) is 5.41 Å². The van der Waals surface area contributed by atoms with Gasteiger partial charge in [-0.1, -0.05) is 37.3 Å². The molecule has 1 N–H and O–H groups in total. The fourth-order valence-corrected chi connectivity index (χ4v) is 4.78. The molecule has 28 heavy (non-hydrogen) atoms. The summed E-state index contributed by atoms with van der Waals surface area (Å²) in [5.41, 5.74) is 1.79. The number of amides is 2. The van der Waals surface area contributed by atoms with Gasteiger partial charge in [-0.2, -0.15) is 0 Å². The van der Waals surface area contributed by atoms with Crippen molar-refractivity contribution in [2.75, 3.05) is 13.1 Å². The topological polar surface area (TPSA) is 49.4 Å². The highest BCUT2D eigenvalue weighted by atomic mass is 32.1. The normalized spacial score (nSPS) is 19.2. The Morgan fingerprint density at radius 3 is 2.68 bits per heavy atom. The first-order valence-electron chi connectivity index (χ1n) is 10.2. The maximum absolute atomic E-state index is 13.3. The third-order valence-corrected chi connectivity index (χ3v) is 6.31. The highest BCUT2D eigenvalue weighted by Gasteiger charge is 2.46. The summed E-state index contributed by atoms with van der Waals surface area (Å²) in [4.78, 5) is 28.8. The zero-order valence-corrected chi connectivity index (χ0v) is 17.8. The lowest BCUT2D eigenvalue weighted by atomic mass is 9.78. The van der Waals surface area contributed by atoms with Gasteiger partial charge in [0.15, 0.2) is 0 Å². The molecule has 1 aliphatic rings. The Hall–Kier alpha value is -2.14. The number of nitrogens with one attached hydrogen (secondary N) is 1. The number of carbonyl (C=O) groups excluding carboxylic acids is 2. The van der Waals surface area contributed by atoms with Crippen LogP contribution < -0.4 is 5.32 Å². The highest BCUT2D eigenvalue weighted by Crippen LogP contribution is 2.38. The van der Waals surface area contributed by atoms with Crippen LogP contribution in [0.4, 0.5) is 0 Å². The van der Waals surface area contributed by atoms with Gasteiger partial charge in [-0.25, -0.2) is 0 Å². The molecule has 2 aromatic rings. The molecule has 0 radical (unpaired) electrons. The van der Waals surface area contributed by atoms with Crippen LogP contribution in [-0.2, 0) is 16.0 Å². The van der Waals surface area contributed by atoms with E-state index in [1.54, 1.807) is 11.3 Å². The van der Waals surface area contributed by atoms with Crippen LogP contribution in [0.25, 0.3) is 10.4 Å². The monoisotopic (exact) mass is 398 g/mol. The molecule has 1 unspecified atom stereocenters. The molecule has 0 aliphatic carbocycles. The molecule has 150 valence electrons. The lowest BCUT2D eigenvalue weighted by molar-refractivity contribution is -0.133. The average molecular weight is 399 g/mol. The van der Waals surface area contributed by atoms with Gasteiger partial charge in [-0.3, -0.25) is 9.59 Å². The van der Waals surface area contributed by atoms with Crippen LogP contribution in [0.3, 0.4) is 0 Å². The average Bonchev–Trinajstić information content (AvgIpc) is 3.33. The van der Waals surface area contributed by atoms with Gasteiger partial charge >= 0.3 is 0 Å². The summed E-state index contributed by atoms with van der Waals surface area (Å²) in [7, 11) is 0. The minimum Gasteiger partial charge on any atom is -0.353 e. The lowest BCUT2D eigenvalue weighted by Crippen LogP contribution is -2.47. The van der Waals surface area contributed by atoms with Crippen molar-refractivity contribution in [3.8, 4) is 10.4 Å². The molecule has 0 saturated carbocycles. The van der Waals surface area contributed by atoms with Gasteiger partial charge in [0, 0.05) is 30.4 Å².